The molecule has 9 amide bonds. The second-order valence-electron chi connectivity index (χ2n) is 15.7. The Labute approximate surface area is 377 Å². The van der Waals surface area contributed by atoms with E-state index < -0.39 is 115 Å². The Hall–Kier alpha value is -5.50. The van der Waals surface area contributed by atoms with Crippen LogP contribution in [0.4, 0.5) is 0 Å². The number of unbranched alkanes of at least 4 members (excludes halogenated alkanes) is 8. The highest BCUT2D eigenvalue weighted by atomic mass is 16.5. The van der Waals surface area contributed by atoms with Crippen LogP contribution in [0.5, 0.6) is 0 Å². The van der Waals surface area contributed by atoms with Crippen molar-refractivity contribution in [3.8, 4) is 0 Å². The maximum Gasteiger partial charge on any atom is 0.326 e. The predicted octanol–water partition coefficient (Wildman–Crippen LogP) is -3.20. The van der Waals surface area contributed by atoms with Gasteiger partial charge in [0.2, 0.25) is 47.3 Å². The minimum Gasteiger partial charge on any atom is -0.480 e. The summed E-state index contributed by atoms with van der Waals surface area (Å²) in [4.78, 5) is 127. The van der Waals surface area contributed by atoms with Crippen molar-refractivity contribution in [2.24, 2.45) is 0 Å². The molecule has 0 aromatic carbocycles. The molecule has 0 aromatic heterocycles. The summed E-state index contributed by atoms with van der Waals surface area (Å²) < 4.78 is 0. The smallest absolute Gasteiger partial charge is 0.326 e. The Kier molecular flexibility index (Phi) is 27.8. The zero-order valence-electron chi connectivity index (χ0n) is 37.3. The van der Waals surface area contributed by atoms with E-state index in [-0.39, 0.29) is 58.2 Å². The maximum absolute atomic E-state index is 13.5. The van der Waals surface area contributed by atoms with Crippen LogP contribution in [0, 0.1) is 0 Å². The highest BCUT2D eigenvalue weighted by Crippen LogP contribution is 2.12. The van der Waals surface area contributed by atoms with Crippen LogP contribution in [0.25, 0.3) is 0 Å². The Morgan fingerprint density at radius 3 is 1.63 bits per heavy atom. The first-order chi connectivity index (χ1) is 30.8. The predicted molar refractivity (Wildman–Crippen MR) is 226 cm³/mol. The molecule has 65 heavy (non-hydrogen) atoms. The Morgan fingerprint density at radius 1 is 0.662 bits per heavy atom. The Morgan fingerprint density at radius 2 is 1.12 bits per heavy atom. The fraction of sp³-hybridized carbons (Fsp3) is 0.750. The number of nitrogens with zero attached hydrogens (tertiary/aromatic N) is 2. The molecule has 0 bridgehead atoms. The number of amides is 9. The van der Waals surface area contributed by atoms with Crippen LogP contribution < -0.4 is 37.2 Å². The first-order valence-corrected chi connectivity index (χ1v) is 21.9. The molecule has 13 N–H and O–H groups in total. The normalized spacial score (nSPS) is 18.1. The highest BCUT2D eigenvalue weighted by Gasteiger charge is 2.38. The molecule has 1 saturated heterocycles. The van der Waals surface area contributed by atoms with Crippen molar-refractivity contribution in [3.63, 3.8) is 0 Å². The maximum atomic E-state index is 13.5. The lowest BCUT2D eigenvalue weighted by atomic mass is 10.1. The minimum atomic E-state index is -2.02. The summed E-state index contributed by atoms with van der Waals surface area (Å²) in [6.07, 6.45) is 5.75. The molecular formula is C40H69N9O16. The van der Waals surface area contributed by atoms with E-state index in [1.807, 2.05) is 0 Å². The molecule has 25 heteroatoms. The lowest BCUT2D eigenvalue weighted by molar-refractivity contribution is -0.163. The largest absolute Gasteiger partial charge is 0.480 e. The molecule has 0 spiro atoms. The van der Waals surface area contributed by atoms with Gasteiger partial charge in [-0.2, -0.15) is 0 Å². The third kappa shape index (κ3) is 22.3. The molecule has 0 saturated carbocycles. The zero-order chi connectivity index (χ0) is 49.1. The van der Waals surface area contributed by atoms with Gasteiger partial charge in [-0.25, -0.2) is 14.9 Å². The number of hydrogen-bond donors (Lipinski definition) is 13. The van der Waals surface area contributed by atoms with Crippen molar-refractivity contribution in [1.82, 2.24) is 47.3 Å². The van der Waals surface area contributed by atoms with Crippen molar-refractivity contribution in [2.75, 3.05) is 32.8 Å². The number of aliphatic carboxylic acids is 1. The molecule has 0 radical (unpaired) electrons. The topological polar surface area (TPSA) is 383 Å². The van der Waals surface area contributed by atoms with E-state index in [9.17, 15) is 78.8 Å². The summed E-state index contributed by atoms with van der Waals surface area (Å²) in [5, 5.41) is 76.2. The van der Waals surface area contributed by atoms with Crippen LogP contribution in [-0.4, -0.2) is 175 Å². The van der Waals surface area contributed by atoms with Gasteiger partial charge in [-0.1, -0.05) is 58.3 Å². The van der Waals surface area contributed by atoms with Gasteiger partial charge in [0.1, 0.15) is 36.3 Å². The number of carbonyl (C=O) groups excluding carboxylic acids is 9. The van der Waals surface area contributed by atoms with E-state index >= 15 is 0 Å². The fourth-order valence-electron chi connectivity index (χ4n) is 6.46. The molecule has 0 aliphatic carbocycles. The second-order valence-corrected chi connectivity index (χ2v) is 15.7. The van der Waals surface area contributed by atoms with Crippen LogP contribution in [0.2, 0.25) is 0 Å². The summed E-state index contributed by atoms with van der Waals surface area (Å²) in [5.41, 5.74) is 0. The number of aliphatic hydroxyl groups is 3. The van der Waals surface area contributed by atoms with Gasteiger partial charge in [0.25, 0.3) is 5.91 Å². The van der Waals surface area contributed by atoms with E-state index in [1.54, 1.807) is 0 Å². The van der Waals surface area contributed by atoms with Gasteiger partial charge in [-0.3, -0.25) is 53.6 Å². The Balaban J connectivity index is 3.07. The molecule has 0 unspecified atom stereocenters. The monoisotopic (exact) mass is 931 g/mol. The lowest BCUT2D eigenvalue weighted by Gasteiger charge is -2.26. The van der Waals surface area contributed by atoms with Crippen molar-refractivity contribution >= 4 is 59.1 Å². The Bertz CT molecular complexity index is 1600. The highest BCUT2D eigenvalue weighted by molar-refractivity contribution is 5.99. The van der Waals surface area contributed by atoms with E-state index in [4.69, 9.17) is 0 Å². The number of rotatable bonds is 30. The van der Waals surface area contributed by atoms with Gasteiger partial charge in [0.15, 0.2) is 6.10 Å². The molecule has 1 heterocycles. The third-order valence-electron chi connectivity index (χ3n) is 10.4. The number of carboxylic acid groups (broad SMARTS) is 1. The van der Waals surface area contributed by atoms with E-state index in [2.05, 4.69) is 44.1 Å². The molecule has 0 aromatic rings. The number of carbonyl (C=O) groups is 10. The van der Waals surface area contributed by atoms with Crippen LogP contribution in [0.15, 0.2) is 0 Å². The second kappa shape index (κ2) is 31.4. The van der Waals surface area contributed by atoms with Crippen LogP contribution in [-0.2, 0) is 47.9 Å². The average Bonchev–Trinajstić information content (AvgIpc) is 3.30. The van der Waals surface area contributed by atoms with Crippen molar-refractivity contribution in [1.29, 1.82) is 0 Å². The van der Waals surface area contributed by atoms with Gasteiger partial charge in [-0.05, 0) is 38.5 Å². The number of carboxylic acids is 1. The minimum absolute atomic E-state index is 0.00735. The van der Waals surface area contributed by atoms with E-state index in [0.717, 1.165) is 52.4 Å². The summed E-state index contributed by atoms with van der Waals surface area (Å²) >= 11 is 0. The molecule has 25 nitrogen and oxygen atoms in total. The van der Waals surface area contributed by atoms with Gasteiger partial charge >= 0.3 is 5.97 Å². The summed E-state index contributed by atoms with van der Waals surface area (Å²) in [5.74, 6) is -10.3. The van der Waals surface area contributed by atoms with Crippen molar-refractivity contribution < 1.29 is 78.8 Å². The van der Waals surface area contributed by atoms with Gasteiger partial charge in [0, 0.05) is 39.9 Å². The molecule has 1 aliphatic heterocycles. The van der Waals surface area contributed by atoms with Crippen molar-refractivity contribution in [2.45, 2.75) is 159 Å². The lowest BCUT2D eigenvalue weighted by Crippen LogP contribution is -2.61. The summed E-state index contributed by atoms with van der Waals surface area (Å²) in [7, 11) is 0. The van der Waals surface area contributed by atoms with Crippen molar-refractivity contribution in [3.05, 3.63) is 0 Å². The number of hydroxylamine groups is 4. The van der Waals surface area contributed by atoms with Crippen LogP contribution in [0.1, 0.15) is 117 Å². The van der Waals surface area contributed by atoms with Gasteiger partial charge in [0.05, 0.1) is 13.2 Å². The molecule has 1 rings (SSSR count). The molecular weight excluding hydrogens is 862 g/mol. The van der Waals surface area contributed by atoms with E-state index in [0.29, 0.717) is 16.5 Å². The number of hydrogen-bond acceptors (Lipinski definition) is 15. The number of aliphatic hydroxyl groups excluding tert-OH is 3. The summed E-state index contributed by atoms with van der Waals surface area (Å²) in [6, 6.07) is -10.1. The zero-order valence-corrected chi connectivity index (χ0v) is 37.3. The average molecular weight is 932 g/mol. The molecule has 1 fully saturated rings. The SMILES string of the molecule is CCCCCCCCCCCC(=O)N[C@H]1C(=O)N[C@H](C(=O)N[C@H](CO)C(=O)N[C@@H](CCCN(O)C(C)=O)C(=O)N[C@@H](CO)C(=O)N[C@@H](CCCN(O)C(C)=O)C(=O)O)CCNC(=O)[C@@H]1O. The fourth-order valence-corrected chi connectivity index (χ4v) is 6.46. The third-order valence-corrected chi connectivity index (χ3v) is 10.4. The van der Waals surface area contributed by atoms with Gasteiger partial charge in [-0.15, -0.1) is 0 Å². The standard InChI is InChI=1S/C40H69N9O16/c1-4-5-6-7-8-9-10-11-12-17-31(54)47-32-33(55)39(61)41-19-18-27(43-38(32)60)35(57)46-29(22-50)36(58)42-26(15-13-20-48(64)24(2)52)34(56)45-30(23-51)37(59)44-28(40(62)63)16-14-21-49(65)25(3)53/h26-30,32-33,50-51,55,64-65H,4-23H2,1-3H3,(H,41,61)(H,42,58)(H,43,60)(H,44,59)(H,45,56)(H,46,57)(H,47,54)(H,62,63)/t26-,27-,28-,29+,30-,32+,33+/m0/s1. The molecule has 7 atom stereocenters. The first kappa shape index (κ1) is 57.5. The number of nitrogens with one attached hydrogen (secondary N) is 7. The first-order valence-electron chi connectivity index (χ1n) is 21.9. The van der Waals surface area contributed by atoms with Crippen LogP contribution in [0.3, 0.4) is 0 Å². The summed E-state index contributed by atoms with van der Waals surface area (Å²) in [6.45, 7) is 1.23. The van der Waals surface area contributed by atoms with Gasteiger partial charge < -0.3 is 57.6 Å². The van der Waals surface area contributed by atoms with Crippen LogP contribution >= 0.6 is 0 Å². The van der Waals surface area contributed by atoms with E-state index in [1.165, 1.54) is 12.8 Å². The molecule has 370 valence electrons. The quantitative estimate of drug-likeness (QED) is 0.0192. The molecule has 1 aliphatic rings.